The molecule has 16 heavy (non-hydrogen) atoms. The molecular formula is C12H15N3O. The lowest BCUT2D eigenvalue weighted by Crippen LogP contribution is -2.33. The van der Waals surface area contributed by atoms with Crippen LogP contribution in [0.25, 0.3) is 0 Å². The van der Waals surface area contributed by atoms with E-state index < -0.39 is 0 Å². The highest BCUT2D eigenvalue weighted by molar-refractivity contribution is 5.36. The molecule has 4 heteroatoms. The second-order valence-corrected chi connectivity index (χ2v) is 3.99. The van der Waals surface area contributed by atoms with Crippen LogP contribution in [0.1, 0.15) is 18.4 Å². The number of hydrogen-bond donors (Lipinski definition) is 1. The molecule has 0 spiro atoms. The van der Waals surface area contributed by atoms with Gasteiger partial charge in [0.25, 0.3) is 0 Å². The highest BCUT2D eigenvalue weighted by atomic mass is 16.5. The lowest BCUT2D eigenvalue weighted by molar-refractivity contribution is 0.211. The summed E-state index contributed by atoms with van der Waals surface area (Å²) in [5, 5.41) is 12.2. The third-order valence-corrected chi connectivity index (χ3v) is 2.75. The molecule has 1 saturated heterocycles. The first-order valence-corrected chi connectivity index (χ1v) is 5.59. The number of aromatic nitrogens is 1. The number of piperidine rings is 1. The zero-order chi connectivity index (χ0) is 11.2. The zero-order valence-corrected chi connectivity index (χ0v) is 9.15. The Morgan fingerprint density at radius 3 is 3.31 bits per heavy atom. The third-order valence-electron chi connectivity index (χ3n) is 2.75. The van der Waals surface area contributed by atoms with Gasteiger partial charge in [0.2, 0.25) is 5.88 Å². The van der Waals surface area contributed by atoms with Crippen molar-refractivity contribution in [3.63, 3.8) is 0 Å². The van der Waals surface area contributed by atoms with Crippen LogP contribution in [-0.4, -0.2) is 24.7 Å². The number of hydrogen-bond acceptors (Lipinski definition) is 4. The fraction of sp³-hybridized carbons (Fsp3) is 0.500. The molecule has 0 unspecified atom stereocenters. The smallest absolute Gasteiger partial charge is 0.231 e. The van der Waals surface area contributed by atoms with Crippen molar-refractivity contribution in [2.75, 3.05) is 19.7 Å². The Morgan fingerprint density at radius 2 is 2.56 bits per heavy atom. The van der Waals surface area contributed by atoms with Gasteiger partial charge in [-0.2, -0.15) is 5.26 Å². The van der Waals surface area contributed by atoms with E-state index in [0.29, 0.717) is 24.0 Å². The van der Waals surface area contributed by atoms with Crippen molar-refractivity contribution in [3.05, 3.63) is 23.9 Å². The second kappa shape index (κ2) is 5.47. The Hall–Kier alpha value is -1.60. The minimum Gasteiger partial charge on any atom is -0.476 e. The van der Waals surface area contributed by atoms with Crippen molar-refractivity contribution >= 4 is 0 Å². The summed E-state index contributed by atoms with van der Waals surface area (Å²) in [6, 6.07) is 5.55. The highest BCUT2D eigenvalue weighted by Crippen LogP contribution is 2.16. The minimum atomic E-state index is 0.454. The SMILES string of the molecule is N#Cc1cccnc1OC[C@@H]1CCCNC1. The van der Waals surface area contributed by atoms with Gasteiger partial charge in [0, 0.05) is 18.7 Å². The first kappa shape index (κ1) is 10.9. The molecule has 0 bridgehead atoms. The molecule has 0 aliphatic carbocycles. The molecule has 1 N–H and O–H groups in total. The monoisotopic (exact) mass is 217 g/mol. The lowest BCUT2D eigenvalue weighted by Gasteiger charge is -2.22. The van der Waals surface area contributed by atoms with Crippen LogP contribution < -0.4 is 10.1 Å². The van der Waals surface area contributed by atoms with Crippen LogP contribution in [0.4, 0.5) is 0 Å². The van der Waals surface area contributed by atoms with Crippen molar-refractivity contribution in [2.45, 2.75) is 12.8 Å². The fourth-order valence-electron chi connectivity index (χ4n) is 1.85. The van der Waals surface area contributed by atoms with Crippen LogP contribution in [0.5, 0.6) is 5.88 Å². The summed E-state index contributed by atoms with van der Waals surface area (Å²) in [4.78, 5) is 4.07. The number of nitrogens with zero attached hydrogens (tertiary/aromatic N) is 2. The van der Waals surface area contributed by atoms with Crippen LogP contribution in [0.3, 0.4) is 0 Å². The predicted molar refractivity (Wildman–Crippen MR) is 60.0 cm³/mol. The second-order valence-electron chi connectivity index (χ2n) is 3.99. The number of ether oxygens (including phenoxy) is 1. The zero-order valence-electron chi connectivity index (χ0n) is 9.15. The normalized spacial score (nSPS) is 20.1. The average Bonchev–Trinajstić information content (AvgIpc) is 2.38. The van der Waals surface area contributed by atoms with Crippen LogP contribution in [0.2, 0.25) is 0 Å². The van der Waals surface area contributed by atoms with Gasteiger partial charge in [0.1, 0.15) is 11.6 Å². The first-order chi connectivity index (χ1) is 7.90. The summed E-state index contributed by atoms with van der Waals surface area (Å²) < 4.78 is 5.59. The molecule has 1 aromatic rings. The number of nitriles is 1. The Kier molecular flexibility index (Phi) is 3.73. The van der Waals surface area contributed by atoms with Gasteiger partial charge in [-0.1, -0.05) is 0 Å². The molecule has 1 aromatic heterocycles. The van der Waals surface area contributed by atoms with Gasteiger partial charge < -0.3 is 10.1 Å². The van der Waals surface area contributed by atoms with E-state index in [9.17, 15) is 0 Å². The van der Waals surface area contributed by atoms with E-state index in [2.05, 4.69) is 16.4 Å². The number of pyridine rings is 1. The van der Waals surface area contributed by atoms with E-state index in [1.165, 1.54) is 12.8 Å². The Morgan fingerprint density at radius 1 is 1.62 bits per heavy atom. The summed E-state index contributed by atoms with van der Waals surface area (Å²) in [5.74, 6) is 0.984. The average molecular weight is 217 g/mol. The van der Waals surface area contributed by atoms with E-state index in [1.807, 2.05) is 0 Å². The molecule has 84 valence electrons. The Labute approximate surface area is 95.3 Å². The topological polar surface area (TPSA) is 57.9 Å². The summed E-state index contributed by atoms with van der Waals surface area (Å²) in [5.41, 5.74) is 0.506. The van der Waals surface area contributed by atoms with Gasteiger partial charge in [-0.15, -0.1) is 0 Å². The van der Waals surface area contributed by atoms with Gasteiger partial charge in [-0.05, 0) is 31.5 Å². The maximum absolute atomic E-state index is 8.87. The van der Waals surface area contributed by atoms with E-state index in [-0.39, 0.29) is 0 Å². The standard InChI is InChI=1S/C12H15N3O/c13-7-11-4-2-6-15-12(11)16-9-10-3-1-5-14-8-10/h2,4,6,10,14H,1,3,5,8-9H2/t10-/m1/s1. The maximum atomic E-state index is 8.87. The van der Waals surface area contributed by atoms with Crippen LogP contribution >= 0.6 is 0 Å². The van der Waals surface area contributed by atoms with E-state index in [0.717, 1.165) is 13.1 Å². The molecular weight excluding hydrogens is 202 g/mol. The van der Waals surface area contributed by atoms with Gasteiger partial charge in [-0.25, -0.2) is 4.98 Å². The van der Waals surface area contributed by atoms with E-state index in [1.54, 1.807) is 18.3 Å². The molecule has 0 saturated carbocycles. The molecule has 0 amide bonds. The van der Waals surface area contributed by atoms with Crippen molar-refractivity contribution in [1.82, 2.24) is 10.3 Å². The minimum absolute atomic E-state index is 0.454. The predicted octanol–water partition coefficient (Wildman–Crippen LogP) is 1.33. The molecule has 1 atom stereocenters. The maximum Gasteiger partial charge on any atom is 0.231 e. The van der Waals surface area contributed by atoms with Gasteiger partial charge in [0.15, 0.2) is 0 Å². The van der Waals surface area contributed by atoms with E-state index in [4.69, 9.17) is 10.00 Å². The van der Waals surface area contributed by atoms with Crippen LogP contribution in [0, 0.1) is 17.2 Å². The summed E-state index contributed by atoms with van der Waals surface area (Å²) in [6.07, 6.45) is 4.03. The number of rotatable bonds is 3. The van der Waals surface area contributed by atoms with E-state index >= 15 is 0 Å². The quantitative estimate of drug-likeness (QED) is 0.829. The van der Waals surface area contributed by atoms with Gasteiger partial charge >= 0.3 is 0 Å². The van der Waals surface area contributed by atoms with Crippen molar-refractivity contribution in [2.24, 2.45) is 5.92 Å². The molecule has 0 radical (unpaired) electrons. The molecule has 4 nitrogen and oxygen atoms in total. The highest BCUT2D eigenvalue weighted by Gasteiger charge is 2.14. The molecule has 2 heterocycles. The lowest BCUT2D eigenvalue weighted by atomic mass is 10.0. The third kappa shape index (κ3) is 2.71. The summed E-state index contributed by atoms with van der Waals surface area (Å²) in [6.45, 7) is 2.73. The molecule has 1 fully saturated rings. The Balaban J connectivity index is 1.91. The molecule has 1 aliphatic heterocycles. The van der Waals surface area contributed by atoms with Crippen LogP contribution in [0.15, 0.2) is 18.3 Å². The van der Waals surface area contributed by atoms with Crippen molar-refractivity contribution in [3.8, 4) is 11.9 Å². The van der Waals surface area contributed by atoms with Crippen LogP contribution in [-0.2, 0) is 0 Å². The molecule has 2 rings (SSSR count). The van der Waals surface area contributed by atoms with Crippen molar-refractivity contribution in [1.29, 1.82) is 5.26 Å². The first-order valence-electron chi connectivity index (χ1n) is 5.59. The van der Waals surface area contributed by atoms with Gasteiger partial charge in [0.05, 0.1) is 6.61 Å². The molecule has 1 aliphatic rings. The Bertz CT molecular complexity index is 380. The van der Waals surface area contributed by atoms with Crippen molar-refractivity contribution < 1.29 is 4.74 Å². The summed E-state index contributed by atoms with van der Waals surface area (Å²) in [7, 11) is 0. The molecule has 0 aromatic carbocycles. The van der Waals surface area contributed by atoms with Gasteiger partial charge in [-0.3, -0.25) is 0 Å². The fourth-order valence-corrected chi connectivity index (χ4v) is 1.85. The largest absolute Gasteiger partial charge is 0.476 e. The summed E-state index contributed by atoms with van der Waals surface area (Å²) >= 11 is 0. The number of nitrogens with one attached hydrogen (secondary N) is 1.